The van der Waals surface area contributed by atoms with E-state index in [1.165, 1.54) is 6.08 Å². The lowest BCUT2D eigenvalue weighted by Gasteiger charge is -2.11. The molecule has 25 heavy (non-hydrogen) atoms. The molecule has 2 rings (SSSR count). The van der Waals surface area contributed by atoms with Gasteiger partial charge in [0.1, 0.15) is 11.6 Å². The Bertz CT molecular complexity index is 954. The Morgan fingerprint density at radius 3 is 2.44 bits per heavy atom. The molecule has 1 N–H and O–H groups in total. The molecule has 0 aliphatic heterocycles. The molecule has 0 aliphatic rings. The van der Waals surface area contributed by atoms with Crippen LogP contribution in [-0.4, -0.2) is 44.0 Å². The molecule has 10 heteroatoms. The lowest BCUT2D eigenvalue weighted by molar-refractivity contribution is -0.112. The minimum Gasteiger partial charge on any atom is -0.378 e. The van der Waals surface area contributed by atoms with E-state index < -0.39 is 15.7 Å². The third kappa shape index (κ3) is 4.85. The third-order valence-corrected chi connectivity index (χ3v) is 4.64. The molecule has 1 aromatic heterocycles. The number of aromatic nitrogens is 2. The first-order valence-electron chi connectivity index (χ1n) is 6.95. The summed E-state index contributed by atoms with van der Waals surface area (Å²) in [6.45, 7) is 0. The van der Waals surface area contributed by atoms with E-state index in [9.17, 15) is 18.5 Å². The Morgan fingerprint density at radius 1 is 1.32 bits per heavy atom. The molecule has 2 aromatic rings. The minimum absolute atomic E-state index is 0.00882. The van der Waals surface area contributed by atoms with Gasteiger partial charge in [0, 0.05) is 37.6 Å². The van der Waals surface area contributed by atoms with Crippen molar-refractivity contribution < 1.29 is 13.2 Å². The lowest BCUT2D eigenvalue weighted by atomic mass is 10.1. The van der Waals surface area contributed by atoms with Crippen molar-refractivity contribution in [2.75, 3.05) is 30.6 Å². The average molecular weight is 377 g/mol. The highest BCUT2D eigenvalue weighted by molar-refractivity contribution is 7.90. The highest BCUT2D eigenvalue weighted by Crippen LogP contribution is 2.17. The van der Waals surface area contributed by atoms with Gasteiger partial charge in [0.2, 0.25) is 15.0 Å². The number of carbonyl (C=O) groups is 1. The van der Waals surface area contributed by atoms with Gasteiger partial charge in [-0.25, -0.2) is 8.42 Å². The summed E-state index contributed by atoms with van der Waals surface area (Å²) in [4.78, 5) is 17.8. The Balaban J connectivity index is 2.18. The smallest absolute Gasteiger partial charge is 0.268 e. The SMILES string of the molecule is CN(C)c1ccc(/C=C(/C#N)C(=O)Nc2nc(S(C)(=O)=O)ns2)cc1. The zero-order valence-corrected chi connectivity index (χ0v) is 15.3. The summed E-state index contributed by atoms with van der Waals surface area (Å²) in [7, 11) is 0.267. The Kier molecular flexibility index (Phi) is 5.51. The molecule has 0 fully saturated rings. The van der Waals surface area contributed by atoms with E-state index in [1.807, 2.05) is 37.2 Å². The topological polar surface area (TPSA) is 116 Å². The standard InChI is InChI=1S/C15H15N5O3S2/c1-20(2)12-6-4-10(5-7-12)8-11(9-16)13(21)17-14-18-15(19-24-14)25(3,22)23/h4-8H,1-3H3,(H,17,18,19,21)/b11-8-. The molecular weight excluding hydrogens is 362 g/mol. The number of sulfone groups is 1. The fourth-order valence-electron chi connectivity index (χ4n) is 1.76. The molecule has 1 heterocycles. The second-order valence-electron chi connectivity index (χ2n) is 5.26. The predicted octanol–water partition coefficient (Wildman–Crippen LogP) is 1.55. The van der Waals surface area contributed by atoms with E-state index in [0.717, 1.165) is 23.5 Å². The molecule has 0 radical (unpaired) electrons. The highest BCUT2D eigenvalue weighted by Gasteiger charge is 2.17. The largest absolute Gasteiger partial charge is 0.378 e. The number of amides is 1. The molecule has 130 valence electrons. The molecule has 0 bridgehead atoms. The van der Waals surface area contributed by atoms with Crippen molar-refractivity contribution in [3.8, 4) is 6.07 Å². The van der Waals surface area contributed by atoms with Crippen molar-refractivity contribution in [2.24, 2.45) is 0 Å². The lowest BCUT2D eigenvalue weighted by Crippen LogP contribution is -2.13. The van der Waals surface area contributed by atoms with Crippen LogP contribution in [0.3, 0.4) is 0 Å². The minimum atomic E-state index is -3.55. The second-order valence-corrected chi connectivity index (χ2v) is 7.93. The van der Waals surface area contributed by atoms with Gasteiger partial charge >= 0.3 is 0 Å². The number of nitriles is 1. The zero-order chi connectivity index (χ0) is 18.6. The number of rotatable bonds is 5. The molecule has 8 nitrogen and oxygen atoms in total. The second kappa shape index (κ2) is 7.42. The first kappa shape index (κ1) is 18.6. The molecule has 0 aliphatic carbocycles. The normalized spacial score (nSPS) is 11.7. The van der Waals surface area contributed by atoms with Crippen LogP contribution in [0.5, 0.6) is 0 Å². The van der Waals surface area contributed by atoms with Crippen LogP contribution in [0.15, 0.2) is 35.0 Å². The Hall–Kier alpha value is -2.77. The summed E-state index contributed by atoms with van der Waals surface area (Å²) in [5.41, 5.74) is 1.54. The maximum Gasteiger partial charge on any atom is 0.268 e. The van der Waals surface area contributed by atoms with Crippen LogP contribution in [0.25, 0.3) is 6.08 Å². The van der Waals surface area contributed by atoms with Crippen molar-refractivity contribution in [2.45, 2.75) is 5.16 Å². The number of nitrogens with one attached hydrogen (secondary N) is 1. The van der Waals surface area contributed by atoms with Gasteiger partial charge in [0.15, 0.2) is 0 Å². The number of benzene rings is 1. The van der Waals surface area contributed by atoms with Crippen molar-refractivity contribution in [3.63, 3.8) is 0 Å². The number of nitrogens with zero attached hydrogens (tertiary/aromatic N) is 4. The predicted molar refractivity (Wildman–Crippen MR) is 96.0 cm³/mol. The maximum atomic E-state index is 12.2. The average Bonchev–Trinajstić information content (AvgIpc) is 3.01. The van der Waals surface area contributed by atoms with E-state index >= 15 is 0 Å². The van der Waals surface area contributed by atoms with Crippen LogP contribution < -0.4 is 10.2 Å². The van der Waals surface area contributed by atoms with Crippen LogP contribution in [-0.2, 0) is 14.6 Å². The molecule has 0 spiro atoms. The molecule has 0 saturated heterocycles. The van der Waals surface area contributed by atoms with Gasteiger partial charge in [-0.1, -0.05) is 12.1 Å². The van der Waals surface area contributed by atoms with Crippen LogP contribution in [0, 0.1) is 11.3 Å². The van der Waals surface area contributed by atoms with Gasteiger partial charge in [0.25, 0.3) is 11.1 Å². The molecule has 0 saturated carbocycles. The number of carbonyl (C=O) groups excluding carboxylic acids is 1. The number of hydrogen-bond acceptors (Lipinski definition) is 8. The van der Waals surface area contributed by atoms with E-state index in [-0.39, 0.29) is 15.9 Å². The summed E-state index contributed by atoms with van der Waals surface area (Å²) in [5.74, 6) is -0.685. The first-order valence-corrected chi connectivity index (χ1v) is 9.61. The van der Waals surface area contributed by atoms with Crippen LogP contribution >= 0.6 is 11.5 Å². The zero-order valence-electron chi connectivity index (χ0n) is 13.7. The van der Waals surface area contributed by atoms with Gasteiger partial charge in [-0.3, -0.25) is 10.1 Å². The van der Waals surface area contributed by atoms with Gasteiger partial charge in [-0.2, -0.15) is 14.6 Å². The molecular formula is C15H15N5O3S2. The van der Waals surface area contributed by atoms with Crippen molar-refractivity contribution in [1.29, 1.82) is 5.26 Å². The molecule has 1 aromatic carbocycles. The fraction of sp³-hybridized carbons (Fsp3) is 0.200. The van der Waals surface area contributed by atoms with Crippen LogP contribution in [0.2, 0.25) is 0 Å². The summed E-state index contributed by atoms with van der Waals surface area (Å²) in [5, 5.41) is 11.2. The van der Waals surface area contributed by atoms with Crippen LogP contribution in [0.4, 0.5) is 10.8 Å². The summed E-state index contributed by atoms with van der Waals surface area (Å²) < 4.78 is 26.3. The Morgan fingerprint density at radius 2 is 1.96 bits per heavy atom. The molecule has 1 amide bonds. The fourth-order valence-corrected chi connectivity index (χ4v) is 3.20. The van der Waals surface area contributed by atoms with Crippen molar-refractivity contribution in [3.05, 3.63) is 35.4 Å². The van der Waals surface area contributed by atoms with Crippen molar-refractivity contribution in [1.82, 2.24) is 9.36 Å². The van der Waals surface area contributed by atoms with E-state index in [2.05, 4.69) is 14.7 Å². The van der Waals surface area contributed by atoms with E-state index in [4.69, 9.17) is 0 Å². The van der Waals surface area contributed by atoms with Gasteiger partial charge < -0.3 is 4.90 Å². The van der Waals surface area contributed by atoms with Crippen molar-refractivity contribution >= 4 is 44.2 Å². The van der Waals surface area contributed by atoms with Gasteiger partial charge in [0.05, 0.1) is 0 Å². The summed E-state index contributed by atoms with van der Waals surface area (Å²) in [6, 6.07) is 9.12. The van der Waals surface area contributed by atoms with E-state index in [1.54, 1.807) is 12.1 Å². The Labute approximate surface area is 149 Å². The monoisotopic (exact) mass is 377 g/mol. The summed E-state index contributed by atoms with van der Waals surface area (Å²) in [6.07, 6.45) is 2.41. The maximum absolute atomic E-state index is 12.2. The third-order valence-electron chi connectivity index (χ3n) is 3.05. The molecule has 0 unspecified atom stereocenters. The number of hydrogen-bond donors (Lipinski definition) is 1. The van der Waals surface area contributed by atoms with Crippen LogP contribution in [0.1, 0.15) is 5.56 Å². The first-order chi connectivity index (χ1) is 11.7. The summed E-state index contributed by atoms with van der Waals surface area (Å²) >= 11 is 0.730. The van der Waals surface area contributed by atoms with Gasteiger partial charge in [-0.15, -0.1) is 0 Å². The number of anilines is 2. The van der Waals surface area contributed by atoms with Gasteiger partial charge in [-0.05, 0) is 23.8 Å². The van der Waals surface area contributed by atoms with E-state index in [0.29, 0.717) is 5.56 Å². The molecule has 0 atom stereocenters. The highest BCUT2D eigenvalue weighted by atomic mass is 32.2. The quantitative estimate of drug-likeness (QED) is 0.621.